The lowest BCUT2D eigenvalue weighted by molar-refractivity contribution is -0.275. The van der Waals surface area contributed by atoms with Crippen molar-refractivity contribution in [1.29, 1.82) is 0 Å². The number of carboxylic acids is 1. The molecule has 1 aliphatic heterocycles. The highest BCUT2D eigenvalue weighted by atomic mass is 19.4. The molecule has 2 rings (SSSR count). The van der Waals surface area contributed by atoms with Crippen LogP contribution in [0.4, 0.5) is 18.0 Å². The van der Waals surface area contributed by atoms with Gasteiger partial charge in [-0.15, -0.1) is 13.2 Å². The standard InChI is InChI=1S/C21H28F3NO6/c1-20(2,3)31-19(28)25-10-8-15(9-11-25)13-29-16-6-4-14(5-7-18(26)27)12-17(16)30-21(22,23)24/h4,6,12,15H,5,7-11,13H2,1-3H3,(H,26,27). The third-order valence-corrected chi connectivity index (χ3v) is 4.60. The van der Waals surface area contributed by atoms with Crippen molar-refractivity contribution in [3.8, 4) is 11.5 Å². The number of amides is 1. The monoisotopic (exact) mass is 447 g/mol. The number of hydrogen-bond acceptors (Lipinski definition) is 5. The summed E-state index contributed by atoms with van der Waals surface area (Å²) >= 11 is 0. The first kappa shape index (κ1) is 24.6. The first-order valence-electron chi connectivity index (χ1n) is 10.0. The van der Waals surface area contributed by atoms with E-state index in [0.717, 1.165) is 6.07 Å². The maximum absolute atomic E-state index is 12.8. The number of carbonyl (C=O) groups is 2. The Morgan fingerprint density at radius 2 is 1.77 bits per heavy atom. The smallest absolute Gasteiger partial charge is 0.489 e. The van der Waals surface area contributed by atoms with Gasteiger partial charge in [0.05, 0.1) is 6.61 Å². The zero-order valence-corrected chi connectivity index (χ0v) is 17.8. The number of nitrogens with zero attached hydrogens (tertiary/aromatic N) is 1. The Labute approximate surface area is 179 Å². The van der Waals surface area contributed by atoms with Crippen LogP contribution in [-0.4, -0.2) is 53.7 Å². The molecule has 1 aromatic carbocycles. The van der Waals surface area contributed by atoms with Crippen molar-refractivity contribution in [2.24, 2.45) is 5.92 Å². The minimum absolute atomic E-state index is 0.0594. The van der Waals surface area contributed by atoms with Gasteiger partial charge in [-0.1, -0.05) is 6.07 Å². The summed E-state index contributed by atoms with van der Waals surface area (Å²) in [5.41, 5.74) is -0.178. The highest BCUT2D eigenvalue weighted by molar-refractivity contribution is 5.68. The number of aliphatic carboxylic acids is 1. The van der Waals surface area contributed by atoms with Gasteiger partial charge in [-0.3, -0.25) is 4.79 Å². The van der Waals surface area contributed by atoms with Gasteiger partial charge >= 0.3 is 18.4 Å². The van der Waals surface area contributed by atoms with Crippen molar-refractivity contribution in [2.45, 2.75) is 58.4 Å². The molecule has 0 bridgehead atoms. The van der Waals surface area contributed by atoms with Gasteiger partial charge in [0.2, 0.25) is 0 Å². The van der Waals surface area contributed by atoms with E-state index >= 15 is 0 Å². The molecule has 1 saturated heterocycles. The van der Waals surface area contributed by atoms with Crippen molar-refractivity contribution in [3.05, 3.63) is 23.8 Å². The average molecular weight is 447 g/mol. The highest BCUT2D eigenvalue weighted by Gasteiger charge is 2.33. The van der Waals surface area contributed by atoms with Gasteiger partial charge in [0.1, 0.15) is 5.60 Å². The lowest BCUT2D eigenvalue weighted by Gasteiger charge is -2.33. The van der Waals surface area contributed by atoms with Gasteiger partial charge in [0.15, 0.2) is 11.5 Å². The second-order valence-electron chi connectivity index (χ2n) is 8.44. The maximum atomic E-state index is 12.8. The van der Waals surface area contributed by atoms with Gasteiger partial charge in [0.25, 0.3) is 0 Å². The Hall–Kier alpha value is -2.65. The highest BCUT2D eigenvalue weighted by Crippen LogP contribution is 2.34. The van der Waals surface area contributed by atoms with Crippen LogP contribution in [0.5, 0.6) is 11.5 Å². The van der Waals surface area contributed by atoms with Crippen LogP contribution in [0.2, 0.25) is 0 Å². The van der Waals surface area contributed by atoms with Crippen molar-refractivity contribution in [1.82, 2.24) is 4.90 Å². The van der Waals surface area contributed by atoms with Gasteiger partial charge < -0.3 is 24.2 Å². The quantitative estimate of drug-likeness (QED) is 0.656. The summed E-state index contributed by atoms with van der Waals surface area (Å²) in [6.07, 6.45) is -4.15. The molecule has 1 amide bonds. The molecular weight excluding hydrogens is 419 g/mol. The molecule has 0 atom stereocenters. The van der Waals surface area contributed by atoms with Crippen LogP contribution in [0.3, 0.4) is 0 Å². The molecule has 0 aliphatic carbocycles. The van der Waals surface area contributed by atoms with Crippen LogP contribution < -0.4 is 9.47 Å². The molecule has 1 N–H and O–H groups in total. The minimum Gasteiger partial charge on any atom is -0.489 e. The molecule has 7 nitrogen and oxygen atoms in total. The first-order chi connectivity index (χ1) is 14.3. The van der Waals surface area contributed by atoms with Gasteiger partial charge in [-0.25, -0.2) is 4.79 Å². The third kappa shape index (κ3) is 8.94. The second-order valence-corrected chi connectivity index (χ2v) is 8.44. The molecule has 0 saturated carbocycles. The summed E-state index contributed by atoms with van der Waals surface area (Å²) in [4.78, 5) is 24.4. The molecule has 1 aliphatic rings. The number of benzene rings is 1. The predicted octanol–water partition coefficient (Wildman–Crippen LogP) is 4.63. The molecule has 174 valence electrons. The zero-order valence-electron chi connectivity index (χ0n) is 17.8. The number of likely N-dealkylation sites (tertiary alicyclic amines) is 1. The lowest BCUT2D eigenvalue weighted by atomic mass is 9.98. The summed E-state index contributed by atoms with van der Waals surface area (Å²) in [6, 6.07) is 4.03. The van der Waals surface area contributed by atoms with E-state index in [1.165, 1.54) is 12.1 Å². The lowest BCUT2D eigenvalue weighted by Crippen LogP contribution is -2.42. The molecule has 10 heteroatoms. The Balaban J connectivity index is 1.95. The van der Waals surface area contributed by atoms with Crippen molar-refractivity contribution < 1.29 is 42.1 Å². The van der Waals surface area contributed by atoms with E-state index in [1.807, 2.05) is 0 Å². The number of hydrogen-bond donors (Lipinski definition) is 1. The van der Waals surface area contributed by atoms with E-state index in [4.69, 9.17) is 14.6 Å². The molecule has 31 heavy (non-hydrogen) atoms. The SMILES string of the molecule is CC(C)(C)OC(=O)N1CCC(COc2ccc(CCC(=O)O)cc2OC(F)(F)F)CC1. The molecular formula is C21H28F3NO6. The van der Waals surface area contributed by atoms with E-state index in [-0.39, 0.29) is 37.2 Å². The largest absolute Gasteiger partial charge is 0.573 e. The molecule has 0 aromatic heterocycles. The van der Waals surface area contributed by atoms with Crippen LogP contribution in [0.15, 0.2) is 18.2 Å². The number of rotatable bonds is 7. The molecule has 1 fully saturated rings. The van der Waals surface area contributed by atoms with Crippen LogP contribution in [0, 0.1) is 5.92 Å². The fourth-order valence-corrected chi connectivity index (χ4v) is 3.10. The Morgan fingerprint density at radius 3 is 2.32 bits per heavy atom. The Bertz CT molecular complexity index is 767. The molecule has 0 spiro atoms. The number of halogens is 3. The van der Waals surface area contributed by atoms with E-state index in [1.54, 1.807) is 25.7 Å². The van der Waals surface area contributed by atoms with E-state index < -0.39 is 23.7 Å². The average Bonchev–Trinajstić information content (AvgIpc) is 2.63. The number of piperidine rings is 1. The van der Waals surface area contributed by atoms with E-state index in [2.05, 4.69) is 4.74 Å². The molecule has 0 radical (unpaired) electrons. The van der Waals surface area contributed by atoms with E-state index in [9.17, 15) is 22.8 Å². The van der Waals surface area contributed by atoms with Crippen molar-refractivity contribution in [2.75, 3.05) is 19.7 Å². The Kier molecular flexibility index (Phi) is 8.02. The van der Waals surface area contributed by atoms with Crippen LogP contribution in [0.1, 0.15) is 45.6 Å². The topological polar surface area (TPSA) is 85.3 Å². The van der Waals surface area contributed by atoms with Gasteiger partial charge in [0, 0.05) is 19.5 Å². The van der Waals surface area contributed by atoms with Crippen LogP contribution in [-0.2, 0) is 16.0 Å². The summed E-state index contributed by atoms with van der Waals surface area (Å²) in [6.45, 7) is 6.49. The molecule has 0 unspecified atom stereocenters. The molecule has 1 aromatic rings. The van der Waals surface area contributed by atoms with E-state index in [0.29, 0.717) is 31.5 Å². The van der Waals surface area contributed by atoms with Crippen molar-refractivity contribution in [3.63, 3.8) is 0 Å². The first-order valence-corrected chi connectivity index (χ1v) is 10.0. The van der Waals surface area contributed by atoms with Crippen molar-refractivity contribution >= 4 is 12.1 Å². The summed E-state index contributed by atoms with van der Waals surface area (Å²) in [5.74, 6) is -1.55. The fourth-order valence-electron chi connectivity index (χ4n) is 3.10. The second kappa shape index (κ2) is 10.1. The third-order valence-electron chi connectivity index (χ3n) is 4.60. The number of alkyl halides is 3. The fraction of sp³-hybridized carbons (Fsp3) is 0.619. The predicted molar refractivity (Wildman–Crippen MR) is 105 cm³/mol. The normalized spacial score (nSPS) is 15.5. The number of carbonyl (C=O) groups excluding carboxylic acids is 1. The number of aryl methyl sites for hydroxylation is 1. The molecule has 1 heterocycles. The van der Waals surface area contributed by atoms with Gasteiger partial charge in [-0.2, -0.15) is 0 Å². The number of carboxylic acid groups (broad SMARTS) is 1. The Morgan fingerprint density at radius 1 is 1.13 bits per heavy atom. The summed E-state index contributed by atoms with van der Waals surface area (Å²) in [7, 11) is 0. The van der Waals surface area contributed by atoms with Crippen LogP contribution >= 0.6 is 0 Å². The maximum Gasteiger partial charge on any atom is 0.573 e. The minimum atomic E-state index is -4.90. The van der Waals surface area contributed by atoms with Gasteiger partial charge in [-0.05, 0) is 63.6 Å². The summed E-state index contributed by atoms with van der Waals surface area (Å²) in [5, 5.41) is 8.75. The zero-order chi connectivity index (χ0) is 23.2. The number of ether oxygens (including phenoxy) is 3. The van der Waals surface area contributed by atoms with Crippen LogP contribution in [0.25, 0.3) is 0 Å². The summed E-state index contributed by atoms with van der Waals surface area (Å²) < 4.78 is 53.4.